The highest BCUT2D eigenvalue weighted by molar-refractivity contribution is 6.29. The van der Waals surface area contributed by atoms with Crippen LogP contribution in [0, 0.1) is 27.7 Å². The molecule has 324 valence electrons. The molecule has 10 aromatic carbocycles. The van der Waals surface area contributed by atoms with Crippen molar-refractivity contribution in [2.45, 2.75) is 27.7 Å². The molecular weight excluding hydrogens is 849 g/mol. The topological polar surface area (TPSA) is 51.6 Å². The fourth-order valence-corrected chi connectivity index (χ4v) is 12.7. The molecule has 0 atom stereocenters. The van der Waals surface area contributed by atoms with E-state index in [1.54, 1.807) is 0 Å². The highest BCUT2D eigenvalue weighted by Gasteiger charge is 2.28. The average Bonchev–Trinajstić information content (AvgIpc) is 3.85. The van der Waals surface area contributed by atoms with Gasteiger partial charge in [-0.05, 0) is 209 Å². The van der Waals surface area contributed by atoms with Crippen LogP contribution in [0.25, 0.3) is 164 Å². The second kappa shape index (κ2) is 13.4. The molecule has 0 bridgehead atoms. The summed E-state index contributed by atoms with van der Waals surface area (Å²) in [7, 11) is 0. The SMILES string of the molecule is Cc1cc2c3c(cc(C)cc3c1)-c1cc3c(cc1-2)c(-c1ccc2ccc4cccnc4c2n1)cc1c2cc4c(cc2c(-c2ccc5ccc6cccnc6c5n2)cc31)-c1cc(C)cc2cc(C)cc-4c12. The molecule has 0 fully saturated rings. The quantitative estimate of drug-likeness (QED) is 0.162. The van der Waals surface area contributed by atoms with Gasteiger partial charge in [-0.2, -0.15) is 0 Å². The standard InChI is InChI=1S/C66H40N4/c1-33-19-41-21-35(3)25-57-51-29-47-43(27-49(51)55(23-33)61(41)57)45-31-54(60-16-14-40-12-10-38-8-6-18-68-64(38)66(40)70-60)48-30-52-50(56-24-34(2)20-42-22-36(4)26-58(52)62(42)56)28-44(48)46(45)32-53(47)59-15-13-39-11-9-37-7-5-17-67-63(37)65(39)69-59/h5-32H,1-4H3. The first kappa shape index (κ1) is 38.1. The van der Waals surface area contributed by atoms with Crippen LogP contribution >= 0.6 is 0 Å². The van der Waals surface area contributed by atoms with Crippen molar-refractivity contribution >= 4 is 97.5 Å². The van der Waals surface area contributed by atoms with Crippen molar-refractivity contribution in [2.24, 2.45) is 0 Å². The molecule has 0 aliphatic heterocycles. The second-order valence-electron chi connectivity index (χ2n) is 20.1. The van der Waals surface area contributed by atoms with E-state index in [0.29, 0.717) is 0 Å². The highest BCUT2D eigenvalue weighted by atomic mass is 14.8. The molecule has 2 aliphatic carbocycles. The Morgan fingerprint density at radius 2 is 0.571 bits per heavy atom. The number of fused-ring (bicyclic) bond motifs is 17. The minimum atomic E-state index is 0.909. The molecule has 70 heavy (non-hydrogen) atoms. The molecule has 0 N–H and O–H groups in total. The van der Waals surface area contributed by atoms with Crippen molar-refractivity contribution in [3.63, 3.8) is 0 Å². The lowest BCUT2D eigenvalue weighted by atomic mass is 9.85. The smallest absolute Gasteiger partial charge is 0.0972 e. The van der Waals surface area contributed by atoms with Crippen LogP contribution in [-0.2, 0) is 0 Å². The van der Waals surface area contributed by atoms with Crippen molar-refractivity contribution in [3.8, 4) is 67.0 Å². The van der Waals surface area contributed by atoms with Crippen LogP contribution in [0.2, 0.25) is 0 Å². The first-order chi connectivity index (χ1) is 34.3. The summed E-state index contributed by atoms with van der Waals surface area (Å²) in [4.78, 5) is 20.9. The van der Waals surface area contributed by atoms with Crippen molar-refractivity contribution in [3.05, 3.63) is 192 Å². The van der Waals surface area contributed by atoms with Crippen LogP contribution in [-0.4, -0.2) is 19.9 Å². The van der Waals surface area contributed by atoms with Crippen LogP contribution < -0.4 is 0 Å². The van der Waals surface area contributed by atoms with Gasteiger partial charge in [0.05, 0.1) is 33.5 Å². The molecule has 4 heterocycles. The molecule has 2 aliphatic rings. The molecule has 0 spiro atoms. The van der Waals surface area contributed by atoms with Crippen LogP contribution in [0.3, 0.4) is 0 Å². The lowest BCUT2D eigenvalue weighted by Gasteiger charge is -2.19. The molecule has 0 amide bonds. The number of aryl methyl sites for hydroxylation is 4. The van der Waals surface area contributed by atoms with E-state index >= 15 is 0 Å². The number of rotatable bonds is 2. The third-order valence-electron chi connectivity index (χ3n) is 15.6. The van der Waals surface area contributed by atoms with Crippen molar-refractivity contribution in [2.75, 3.05) is 0 Å². The Hall–Kier alpha value is -8.86. The molecule has 4 nitrogen and oxygen atoms in total. The zero-order valence-electron chi connectivity index (χ0n) is 39.0. The van der Waals surface area contributed by atoms with Crippen LogP contribution in [0.15, 0.2) is 170 Å². The zero-order valence-corrected chi connectivity index (χ0v) is 39.0. The Labute approximate surface area is 402 Å². The van der Waals surface area contributed by atoms with E-state index in [-0.39, 0.29) is 0 Å². The van der Waals surface area contributed by atoms with Gasteiger partial charge in [-0.15, -0.1) is 0 Å². The largest absolute Gasteiger partial charge is 0.254 e. The molecule has 0 unspecified atom stereocenters. The molecule has 0 saturated carbocycles. The summed E-state index contributed by atoms with van der Waals surface area (Å²) in [5.74, 6) is 0. The Morgan fingerprint density at radius 1 is 0.257 bits per heavy atom. The van der Waals surface area contributed by atoms with E-state index < -0.39 is 0 Å². The fourth-order valence-electron chi connectivity index (χ4n) is 12.7. The van der Waals surface area contributed by atoms with Crippen molar-refractivity contribution in [1.82, 2.24) is 19.9 Å². The molecular formula is C66H40N4. The third-order valence-corrected chi connectivity index (χ3v) is 15.6. The van der Waals surface area contributed by atoms with Gasteiger partial charge in [0.2, 0.25) is 0 Å². The van der Waals surface area contributed by atoms with E-state index in [9.17, 15) is 0 Å². The van der Waals surface area contributed by atoms with Gasteiger partial charge in [0, 0.05) is 45.1 Å². The first-order valence-corrected chi connectivity index (χ1v) is 24.2. The number of aromatic nitrogens is 4. The van der Waals surface area contributed by atoms with Gasteiger partial charge in [0.1, 0.15) is 0 Å². The minimum absolute atomic E-state index is 0.909. The Morgan fingerprint density at radius 3 is 0.957 bits per heavy atom. The summed E-state index contributed by atoms with van der Waals surface area (Å²) in [5, 5.41) is 16.6. The highest BCUT2D eigenvalue weighted by Crippen LogP contribution is 2.55. The third kappa shape index (κ3) is 5.14. The summed E-state index contributed by atoms with van der Waals surface area (Å²) >= 11 is 0. The summed E-state index contributed by atoms with van der Waals surface area (Å²) < 4.78 is 0. The zero-order chi connectivity index (χ0) is 46.3. The van der Waals surface area contributed by atoms with E-state index in [4.69, 9.17) is 19.9 Å². The summed E-state index contributed by atoms with van der Waals surface area (Å²) in [6.45, 7) is 8.89. The van der Waals surface area contributed by atoms with Gasteiger partial charge in [0.25, 0.3) is 0 Å². The fraction of sp³-hybridized carbons (Fsp3) is 0.0606. The minimum Gasteiger partial charge on any atom is -0.254 e. The molecule has 4 aromatic heterocycles. The normalized spacial score (nSPS) is 12.6. The number of hydrogen-bond acceptors (Lipinski definition) is 4. The van der Waals surface area contributed by atoms with Crippen LogP contribution in [0.5, 0.6) is 0 Å². The maximum atomic E-state index is 5.58. The Bertz CT molecular complexity index is 4500. The Balaban J connectivity index is 1.09. The summed E-state index contributed by atoms with van der Waals surface area (Å²) in [6.07, 6.45) is 3.75. The number of benzene rings is 10. The van der Waals surface area contributed by atoms with Crippen LogP contribution in [0.4, 0.5) is 0 Å². The maximum absolute atomic E-state index is 5.58. The van der Waals surface area contributed by atoms with Crippen molar-refractivity contribution in [1.29, 1.82) is 0 Å². The predicted molar refractivity (Wildman–Crippen MR) is 294 cm³/mol. The van der Waals surface area contributed by atoms with Gasteiger partial charge in [-0.25, -0.2) is 9.97 Å². The van der Waals surface area contributed by atoms with E-state index in [1.165, 1.54) is 121 Å². The van der Waals surface area contributed by atoms with Gasteiger partial charge in [0.15, 0.2) is 0 Å². The number of hydrogen-bond donors (Lipinski definition) is 0. The summed E-state index contributed by atoms with van der Waals surface area (Å²) in [6, 6.07) is 59.4. The average molecular weight is 889 g/mol. The molecule has 0 saturated heterocycles. The van der Waals surface area contributed by atoms with Crippen LogP contribution in [0.1, 0.15) is 22.3 Å². The number of pyridine rings is 4. The Kier molecular flexibility index (Phi) is 7.32. The molecule has 0 radical (unpaired) electrons. The lowest BCUT2D eigenvalue weighted by molar-refractivity contribution is 1.37. The molecule has 4 heteroatoms. The van der Waals surface area contributed by atoms with Gasteiger partial charge >= 0.3 is 0 Å². The first-order valence-electron chi connectivity index (χ1n) is 24.2. The molecule has 16 rings (SSSR count). The summed E-state index contributed by atoms with van der Waals surface area (Å²) in [5.41, 5.74) is 23.0. The maximum Gasteiger partial charge on any atom is 0.0972 e. The van der Waals surface area contributed by atoms with Crippen molar-refractivity contribution < 1.29 is 0 Å². The lowest BCUT2D eigenvalue weighted by Crippen LogP contribution is -1.94. The van der Waals surface area contributed by atoms with Gasteiger partial charge < -0.3 is 0 Å². The van der Waals surface area contributed by atoms with E-state index in [1.807, 2.05) is 24.5 Å². The molecule has 14 aromatic rings. The van der Waals surface area contributed by atoms with Gasteiger partial charge in [-0.3, -0.25) is 9.97 Å². The van der Waals surface area contributed by atoms with E-state index in [2.05, 4.69) is 173 Å². The van der Waals surface area contributed by atoms with Gasteiger partial charge in [-0.1, -0.05) is 97.1 Å². The van der Waals surface area contributed by atoms with E-state index in [0.717, 1.165) is 66.1 Å². The monoisotopic (exact) mass is 888 g/mol. The number of nitrogens with zero attached hydrogens (tertiary/aromatic N) is 4. The predicted octanol–water partition coefficient (Wildman–Crippen LogP) is 17.5. The second-order valence-corrected chi connectivity index (χ2v) is 20.1.